The number of para-hydroxylation sites is 1. The molecule has 0 saturated heterocycles. The number of fused-ring (bicyclic) bond motifs is 1. The number of anilines is 1. The molecule has 7 heteroatoms. The Morgan fingerprint density at radius 2 is 2.04 bits per heavy atom. The van der Waals surface area contributed by atoms with E-state index < -0.39 is 0 Å². The van der Waals surface area contributed by atoms with Crippen LogP contribution in [0.4, 0.5) is 5.13 Å². The molecule has 4 rings (SSSR count). The number of thiophene rings is 1. The number of hydrogen-bond acceptors (Lipinski definition) is 5. The van der Waals surface area contributed by atoms with Crippen molar-refractivity contribution in [3.63, 3.8) is 0 Å². The molecular formula is C21H18ClN3OS2. The van der Waals surface area contributed by atoms with Crippen LogP contribution in [0, 0.1) is 0 Å². The molecule has 0 spiro atoms. The van der Waals surface area contributed by atoms with Gasteiger partial charge in [0.15, 0.2) is 5.13 Å². The number of carbonyl (C=O) groups excluding carboxylic acids is 1. The van der Waals surface area contributed by atoms with Gasteiger partial charge in [0.2, 0.25) is 5.91 Å². The lowest BCUT2D eigenvalue weighted by Crippen LogP contribution is -2.31. The van der Waals surface area contributed by atoms with E-state index in [4.69, 9.17) is 16.6 Å². The van der Waals surface area contributed by atoms with Crippen molar-refractivity contribution in [3.05, 3.63) is 75.2 Å². The second kappa shape index (κ2) is 8.39. The van der Waals surface area contributed by atoms with Gasteiger partial charge in [0, 0.05) is 17.3 Å². The molecule has 0 unspecified atom stereocenters. The number of carbonyl (C=O) groups is 1. The van der Waals surface area contributed by atoms with Crippen molar-refractivity contribution < 1.29 is 4.79 Å². The minimum atomic E-state index is -0.000487. The molecule has 0 bridgehead atoms. The Balaban J connectivity index is 1.70. The van der Waals surface area contributed by atoms with Crippen molar-refractivity contribution in [2.45, 2.75) is 26.3 Å². The van der Waals surface area contributed by atoms with Gasteiger partial charge >= 0.3 is 0 Å². The number of hydrogen-bond donors (Lipinski definition) is 0. The van der Waals surface area contributed by atoms with Gasteiger partial charge in [-0.1, -0.05) is 48.1 Å². The summed E-state index contributed by atoms with van der Waals surface area (Å²) < 4.78 is 1.78. The fraction of sp³-hybridized carbons (Fsp3) is 0.190. The second-order valence-corrected chi connectivity index (χ2v) is 9.15. The van der Waals surface area contributed by atoms with Crippen LogP contribution in [0.1, 0.15) is 22.9 Å². The largest absolute Gasteiger partial charge is 0.283 e. The van der Waals surface area contributed by atoms with Crippen LogP contribution < -0.4 is 4.90 Å². The third-order valence-electron chi connectivity index (χ3n) is 4.42. The van der Waals surface area contributed by atoms with Gasteiger partial charge in [-0.2, -0.15) is 0 Å². The number of aromatic nitrogens is 2. The summed E-state index contributed by atoms with van der Waals surface area (Å²) in [4.78, 5) is 24.9. The number of benzene rings is 1. The standard InChI is InChI=1S/C21H18ClN3OS2/c1-2-15-6-3-7-17-20(15)24-21(28-17)25(13-14-5-4-10-23-12-14)19(26)11-16-8-9-18(22)27-16/h3-10,12H,2,11,13H2,1H3. The van der Waals surface area contributed by atoms with Gasteiger partial charge in [-0.05, 0) is 41.8 Å². The molecule has 0 aliphatic rings. The zero-order valence-corrected chi connectivity index (χ0v) is 17.7. The molecule has 3 heterocycles. The summed E-state index contributed by atoms with van der Waals surface area (Å²) in [5.74, 6) is -0.000487. The van der Waals surface area contributed by atoms with Gasteiger partial charge in [0.25, 0.3) is 0 Å². The predicted molar refractivity (Wildman–Crippen MR) is 117 cm³/mol. The smallest absolute Gasteiger partial charge is 0.234 e. The van der Waals surface area contributed by atoms with Crippen molar-refractivity contribution >= 4 is 55.5 Å². The molecule has 0 atom stereocenters. The highest BCUT2D eigenvalue weighted by molar-refractivity contribution is 7.22. The summed E-state index contributed by atoms with van der Waals surface area (Å²) in [5.41, 5.74) is 3.14. The van der Waals surface area contributed by atoms with Crippen LogP contribution in [-0.2, 0) is 24.2 Å². The Bertz CT molecular complexity index is 1110. The summed E-state index contributed by atoms with van der Waals surface area (Å²) in [7, 11) is 0. The van der Waals surface area contributed by atoms with Gasteiger partial charge in [-0.15, -0.1) is 11.3 Å². The van der Waals surface area contributed by atoms with E-state index in [2.05, 4.69) is 24.0 Å². The van der Waals surface area contributed by atoms with E-state index in [-0.39, 0.29) is 5.91 Å². The van der Waals surface area contributed by atoms with Gasteiger partial charge in [0.1, 0.15) is 0 Å². The SMILES string of the molecule is CCc1cccc2sc(N(Cc3cccnc3)C(=O)Cc3ccc(Cl)s3)nc12. The van der Waals surface area contributed by atoms with Crippen LogP contribution in [0.3, 0.4) is 0 Å². The van der Waals surface area contributed by atoms with Crippen molar-refractivity contribution in [1.82, 2.24) is 9.97 Å². The average molecular weight is 428 g/mol. The van der Waals surface area contributed by atoms with Crippen molar-refractivity contribution in [3.8, 4) is 0 Å². The summed E-state index contributed by atoms with van der Waals surface area (Å²) in [6.07, 6.45) is 4.72. The number of amides is 1. The molecule has 142 valence electrons. The summed E-state index contributed by atoms with van der Waals surface area (Å²) in [5, 5.41) is 0.715. The van der Waals surface area contributed by atoms with Gasteiger partial charge in [-0.25, -0.2) is 4.98 Å². The molecule has 0 fully saturated rings. The Kier molecular flexibility index (Phi) is 5.71. The molecule has 1 aromatic carbocycles. The van der Waals surface area contributed by atoms with E-state index in [1.165, 1.54) is 16.9 Å². The molecule has 1 amide bonds. The third-order valence-corrected chi connectivity index (χ3v) is 6.70. The van der Waals surface area contributed by atoms with Gasteiger partial charge in [-0.3, -0.25) is 14.7 Å². The lowest BCUT2D eigenvalue weighted by atomic mass is 10.1. The maximum absolute atomic E-state index is 13.2. The Morgan fingerprint density at radius 3 is 2.75 bits per heavy atom. The minimum absolute atomic E-state index is 0.000487. The highest BCUT2D eigenvalue weighted by atomic mass is 35.5. The topological polar surface area (TPSA) is 46.1 Å². The number of aryl methyl sites for hydroxylation is 1. The van der Waals surface area contributed by atoms with Crippen LogP contribution in [0.2, 0.25) is 4.34 Å². The van der Waals surface area contributed by atoms with Crippen LogP contribution in [0.5, 0.6) is 0 Å². The van der Waals surface area contributed by atoms with E-state index in [1.54, 1.807) is 28.6 Å². The highest BCUT2D eigenvalue weighted by Gasteiger charge is 2.22. The van der Waals surface area contributed by atoms with Crippen LogP contribution in [-0.4, -0.2) is 15.9 Å². The minimum Gasteiger partial charge on any atom is -0.283 e. The first kappa shape index (κ1) is 19.1. The van der Waals surface area contributed by atoms with E-state index in [0.29, 0.717) is 22.4 Å². The quantitative estimate of drug-likeness (QED) is 0.394. The molecule has 0 N–H and O–H groups in total. The van der Waals surface area contributed by atoms with E-state index in [9.17, 15) is 4.79 Å². The summed E-state index contributed by atoms with van der Waals surface area (Å²) in [6, 6.07) is 13.8. The lowest BCUT2D eigenvalue weighted by molar-refractivity contribution is -0.118. The number of nitrogens with zero attached hydrogens (tertiary/aromatic N) is 3. The molecule has 28 heavy (non-hydrogen) atoms. The normalized spacial score (nSPS) is 11.1. The number of pyridine rings is 1. The number of halogens is 1. The zero-order chi connectivity index (χ0) is 19.5. The average Bonchev–Trinajstić information content (AvgIpc) is 3.32. The predicted octanol–water partition coefficient (Wildman–Crippen LogP) is 5.74. The zero-order valence-electron chi connectivity index (χ0n) is 15.3. The first-order valence-corrected chi connectivity index (χ1v) is 11.0. The van der Waals surface area contributed by atoms with Crippen molar-refractivity contribution in [2.75, 3.05) is 4.90 Å². The maximum Gasteiger partial charge on any atom is 0.234 e. The van der Waals surface area contributed by atoms with E-state index >= 15 is 0 Å². The monoisotopic (exact) mass is 427 g/mol. The fourth-order valence-electron chi connectivity index (χ4n) is 3.02. The first-order valence-electron chi connectivity index (χ1n) is 8.96. The van der Waals surface area contributed by atoms with Crippen molar-refractivity contribution in [2.24, 2.45) is 0 Å². The number of rotatable bonds is 6. The van der Waals surface area contributed by atoms with Gasteiger partial charge in [0.05, 0.1) is 27.5 Å². The molecule has 0 radical (unpaired) electrons. The first-order chi connectivity index (χ1) is 13.6. The fourth-order valence-corrected chi connectivity index (χ4v) is 5.13. The molecule has 0 saturated carbocycles. The van der Waals surface area contributed by atoms with E-state index in [0.717, 1.165) is 27.1 Å². The van der Waals surface area contributed by atoms with Gasteiger partial charge < -0.3 is 0 Å². The molecule has 4 aromatic rings. The molecular weight excluding hydrogens is 410 g/mol. The summed E-state index contributed by atoms with van der Waals surface area (Å²) >= 11 is 9.02. The lowest BCUT2D eigenvalue weighted by Gasteiger charge is -2.19. The molecule has 0 aliphatic heterocycles. The Hall–Kier alpha value is -2.28. The van der Waals surface area contributed by atoms with Crippen molar-refractivity contribution in [1.29, 1.82) is 0 Å². The van der Waals surface area contributed by atoms with Crippen LogP contribution >= 0.6 is 34.3 Å². The van der Waals surface area contributed by atoms with Crippen LogP contribution in [0.15, 0.2) is 54.9 Å². The Morgan fingerprint density at radius 1 is 1.14 bits per heavy atom. The second-order valence-electron chi connectivity index (χ2n) is 6.34. The highest BCUT2D eigenvalue weighted by Crippen LogP contribution is 2.32. The molecule has 3 aromatic heterocycles. The maximum atomic E-state index is 13.2. The van der Waals surface area contributed by atoms with E-state index in [1.807, 2.05) is 30.3 Å². The Labute approximate surface area is 176 Å². The molecule has 4 nitrogen and oxygen atoms in total. The summed E-state index contributed by atoms with van der Waals surface area (Å²) in [6.45, 7) is 2.56. The number of thiazole rings is 1. The molecule has 0 aliphatic carbocycles. The third kappa shape index (κ3) is 4.09. The van der Waals surface area contributed by atoms with Crippen LogP contribution in [0.25, 0.3) is 10.2 Å².